The molecule has 1 aromatic carbocycles. The van der Waals surface area contributed by atoms with Gasteiger partial charge in [0.2, 0.25) is 0 Å². The van der Waals surface area contributed by atoms with Gasteiger partial charge in [0.15, 0.2) is 0 Å². The van der Waals surface area contributed by atoms with Crippen molar-refractivity contribution in [3.05, 3.63) is 35.5 Å². The molecule has 0 bridgehead atoms. The summed E-state index contributed by atoms with van der Waals surface area (Å²) in [4.78, 5) is 22.0. The fraction of sp³-hybridized carbons (Fsp3) is 0. The second-order valence-electron chi connectivity index (χ2n) is 3.13. The number of carbonyl (C=O) groups is 2. The quantitative estimate of drug-likeness (QED) is 0.352. The Labute approximate surface area is 86.0 Å². The first-order valence-electron chi connectivity index (χ1n) is 4.35. The van der Waals surface area contributed by atoms with E-state index in [-0.39, 0.29) is 5.70 Å². The van der Waals surface area contributed by atoms with Gasteiger partial charge < -0.3 is 11.1 Å². The summed E-state index contributed by atoms with van der Waals surface area (Å²) >= 11 is 0. The average molecular weight is 203 g/mol. The number of amides is 3. The molecule has 0 saturated carbocycles. The average Bonchev–Trinajstić information content (AvgIpc) is 2.49. The van der Waals surface area contributed by atoms with Gasteiger partial charge in [0, 0.05) is 5.69 Å². The second-order valence-corrected chi connectivity index (χ2v) is 3.13. The van der Waals surface area contributed by atoms with Gasteiger partial charge in [-0.25, -0.2) is 4.79 Å². The van der Waals surface area contributed by atoms with Crippen molar-refractivity contribution in [1.82, 2.24) is 10.6 Å². The molecule has 1 aromatic rings. The van der Waals surface area contributed by atoms with E-state index in [0.29, 0.717) is 5.69 Å². The van der Waals surface area contributed by atoms with E-state index in [2.05, 4.69) is 10.6 Å². The molecule has 1 fully saturated rings. The third-order valence-corrected chi connectivity index (χ3v) is 1.97. The van der Waals surface area contributed by atoms with E-state index in [1.165, 1.54) is 0 Å². The lowest BCUT2D eigenvalue weighted by Gasteiger charge is -1.96. The van der Waals surface area contributed by atoms with Gasteiger partial charge in [-0.05, 0) is 23.8 Å². The lowest BCUT2D eigenvalue weighted by molar-refractivity contribution is -0.115. The normalized spacial score (nSPS) is 17.7. The highest BCUT2D eigenvalue weighted by molar-refractivity contribution is 6.13. The third kappa shape index (κ3) is 1.96. The lowest BCUT2D eigenvalue weighted by Crippen LogP contribution is -2.22. The number of nitrogen functional groups attached to an aromatic ring is 1. The molecule has 0 aromatic heterocycles. The maximum atomic E-state index is 11.2. The van der Waals surface area contributed by atoms with Crippen LogP contribution >= 0.6 is 0 Å². The predicted molar refractivity (Wildman–Crippen MR) is 55.5 cm³/mol. The van der Waals surface area contributed by atoms with Crippen LogP contribution in [0.25, 0.3) is 6.08 Å². The van der Waals surface area contributed by atoms with Crippen LogP contribution in [0.2, 0.25) is 0 Å². The summed E-state index contributed by atoms with van der Waals surface area (Å²) in [6.07, 6.45) is 1.58. The van der Waals surface area contributed by atoms with E-state index in [1.54, 1.807) is 30.3 Å². The smallest absolute Gasteiger partial charge is 0.326 e. The number of imide groups is 1. The van der Waals surface area contributed by atoms with Gasteiger partial charge in [0.25, 0.3) is 5.91 Å². The Hall–Kier alpha value is -2.30. The van der Waals surface area contributed by atoms with Gasteiger partial charge in [0.1, 0.15) is 5.70 Å². The third-order valence-electron chi connectivity index (χ3n) is 1.97. The lowest BCUT2D eigenvalue weighted by atomic mass is 10.2. The molecule has 3 amide bonds. The Morgan fingerprint density at radius 1 is 1.07 bits per heavy atom. The molecule has 76 valence electrons. The zero-order chi connectivity index (χ0) is 10.8. The first-order chi connectivity index (χ1) is 7.15. The molecule has 1 aliphatic heterocycles. The molecular formula is C10H9N3O2. The van der Waals surface area contributed by atoms with Crippen LogP contribution in [-0.4, -0.2) is 11.9 Å². The maximum Gasteiger partial charge on any atom is 0.326 e. The molecule has 2 rings (SSSR count). The first-order valence-corrected chi connectivity index (χ1v) is 4.35. The predicted octanol–water partition coefficient (Wildman–Crippen LogP) is 0.449. The zero-order valence-electron chi connectivity index (χ0n) is 7.78. The van der Waals surface area contributed by atoms with Crippen molar-refractivity contribution in [2.45, 2.75) is 0 Å². The molecule has 0 aliphatic carbocycles. The highest BCUT2D eigenvalue weighted by Crippen LogP contribution is 2.10. The van der Waals surface area contributed by atoms with Crippen LogP contribution in [0.15, 0.2) is 30.0 Å². The summed E-state index contributed by atoms with van der Waals surface area (Å²) in [5.74, 6) is -0.420. The molecule has 1 saturated heterocycles. The van der Waals surface area contributed by atoms with Crippen molar-refractivity contribution in [3.63, 3.8) is 0 Å². The highest BCUT2D eigenvalue weighted by atomic mass is 16.2. The van der Waals surface area contributed by atoms with Crippen LogP contribution in [0.3, 0.4) is 0 Å². The van der Waals surface area contributed by atoms with Crippen LogP contribution in [0.5, 0.6) is 0 Å². The Morgan fingerprint density at radius 2 is 1.73 bits per heavy atom. The number of nitrogens with one attached hydrogen (secondary N) is 2. The molecule has 5 nitrogen and oxygen atoms in total. The molecule has 4 N–H and O–H groups in total. The SMILES string of the molecule is Nc1ccc(C=C2NC(=O)NC2=O)cc1. The Balaban J connectivity index is 2.27. The van der Waals surface area contributed by atoms with Crippen LogP contribution in [0.1, 0.15) is 5.56 Å². The first kappa shape index (κ1) is 9.26. The van der Waals surface area contributed by atoms with Crippen molar-refractivity contribution < 1.29 is 9.59 Å². The largest absolute Gasteiger partial charge is 0.399 e. The van der Waals surface area contributed by atoms with Crippen molar-refractivity contribution >= 4 is 23.7 Å². The number of hydrogen-bond donors (Lipinski definition) is 3. The minimum Gasteiger partial charge on any atom is -0.399 e. The van der Waals surface area contributed by atoms with Gasteiger partial charge in [-0.15, -0.1) is 0 Å². The summed E-state index contributed by atoms with van der Waals surface area (Å²) in [6, 6.07) is 6.48. The molecular weight excluding hydrogens is 194 g/mol. The Morgan fingerprint density at radius 3 is 2.27 bits per heavy atom. The van der Waals surface area contributed by atoms with E-state index in [0.717, 1.165) is 5.56 Å². The van der Waals surface area contributed by atoms with E-state index in [4.69, 9.17) is 5.73 Å². The van der Waals surface area contributed by atoms with Crippen LogP contribution < -0.4 is 16.4 Å². The minimum atomic E-state index is -0.498. The number of anilines is 1. The van der Waals surface area contributed by atoms with Gasteiger partial charge >= 0.3 is 6.03 Å². The maximum absolute atomic E-state index is 11.2. The van der Waals surface area contributed by atoms with Crippen molar-refractivity contribution in [3.8, 4) is 0 Å². The van der Waals surface area contributed by atoms with Crippen LogP contribution in [0, 0.1) is 0 Å². The van der Waals surface area contributed by atoms with Crippen LogP contribution in [0.4, 0.5) is 10.5 Å². The summed E-state index contributed by atoms with van der Waals surface area (Å²) in [5.41, 5.74) is 7.21. The fourth-order valence-corrected chi connectivity index (χ4v) is 1.24. The van der Waals surface area contributed by atoms with E-state index in [9.17, 15) is 9.59 Å². The number of benzene rings is 1. The van der Waals surface area contributed by atoms with Crippen LogP contribution in [-0.2, 0) is 4.79 Å². The minimum absolute atomic E-state index is 0.241. The van der Waals surface area contributed by atoms with Gasteiger partial charge in [-0.2, -0.15) is 0 Å². The zero-order valence-corrected chi connectivity index (χ0v) is 7.78. The molecule has 15 heavy (non-hydrogen) atoms. The standard InChI is InChI=1S/C10H9N3O2/c11-7-3-1-6(2-4-7)5-8-9(14)13-10(15)12-8/h1-5H,11H2,(H2,12,13,14,15). The van der Waals surface area contributed by atoms with E-state index < -0.39 is 11.9 Å². The molecule has 0 spiro atoms. The molecule has 0 atom stereocenters. The number of carbonyl (C=O) groups excluding carboxylic acids is 2. The second kappa shape index (κ2) is 3.45. The molecule has 1 heterocycles. The van der Waals surface area contributed by atoms with E-state index in [1.807, 2.05) is 0 Å². The number of hydrogen-bond acceptors (Lipinski definition) is 3. The van der Waals surface area contributed by atoms with Gasteiger partial charge in [-0.1, -0.05) is 12.1 Å². The number of nitrogens with two attached hydrogens (primary N) is 1. The number of rotatable bonds is 1. The summed E-state index contributed by atoms with van der Waals surface area (Å²) < 4.78 is 0. The summed E-state index contributed by atoms with van der Waals surface area (Å²) in [7, 11) is 0. The van der Waals surface area contributed by atoms with E-state index >= 15 is 0 Å². The monoisotopic (exact) mass is 203 g/mol. The fourth-order valence-electron chi connectivity index (χ4n) is 1.24. The van der Waals surface area contributed by atoms with Crippen molar-refractivity contribution in [2.75, 3.05) is 5.73 Å². The molecule has 1 aliphatic rings. The Kier molecular flexibility index (Phi) is 2.13. The molecule has 5 heteroatoms. The highest BCUT2D eigenvalue weighted by Gasteiger charge is 2.22. The Bertz CT molecular complexity index is 448. The van der Waals surface area contributed by atoms with Crippen molar-refractivity contribution in [2.24, 2.45) is 0 Å². The topological polar surface area (TPSA) is 84.2 Å². The van der Waals surface area contributed by atoms with Crippen molar-refractivity contribution in [1.29, 1.82) is 0 Å². The van der Waals surface area contributed by atoms with Gasteiger partial charge in [0.05, 0.1) is 0 Å². The summed E-state index contributed by atoms with van der Waals surface area (Å²) in [5, 5.41) is 4.51. The molecule has 0 unspecified atom stereocenters. The molecule has 0 radical (unpaired) electrons. The summed E-state index contributed by atoms with van der Waals surface area (Å²) in [6.45, 7) is 0. The van der Waals surface area contributed by atoms with Gasteiger partial charge in [-0.3, -0.25) is 10.1 Å². The number of urea groups is 1.